The van der Waals surface area contributed by atoms with E-state index >= 15 is 4.79 Å². The number of aromatic nitrogens is 2. The SMILES string of the molecule is CCn1c(-c2cc(N3CCN(C)CC3)cnc2C(C)OC)c2c3cc(ccc31)-c1cc(O)cc(c1)CC(NC(=O)C(C(C)C)N(C)C(=O)C1OCCC1c1ccccc1)C(=O)N1NC(C(=O)OCC(C)(C)C2)C2CC1C2. The fourth-order valence-electron chi connectivity index (χ4n) is 12.6. The maximum atomic E-state index is 15.2. The van der Waals surface area contributed by atoms with Gasteiger partial charge in [0.15, 0.2) is 0 Å². The maximum Gasteiger partial charge on any atom is 0.325 e. The van der Waals surface area contributed by atoms with Crippen molar-refractivity contribution >= 4 is 40.3 Å². The molecule has 404 valence electrons. The summed E-state index contributed by atoms with van der Waals surface area (Å²) >= 11 is 0. The number of cyclic esters (lactones) is 1. The highest BCUT2D eigenvalue weighted by Gasteiger charge is 2.52. The van der Waals surface area contributed by atoms with Crippen molar-refractivity contribution in [2.45, 2.75) is 122 Å². The Bertz CT molecular complexity index is 2980. The second kappa shape index (κ2) is 21.6. The van der Waals surface area contributed by atoms with Gasteiger partial charge in [0, 0.05) is 93.8 Å². The van der Waals surface area contributed by atoms with Crippen molar-refractivity contribution in [2.24, 2.45) is 17.3 Å². The molecule has 16 heteroatoms. The Labute approximate surface area is 447 Å². The van der Waals surface area contributed by atoms with Gasteiger partial charge < -0.3 is 43.9 Å². The molecule has 6 aliphatic rings. The standard InChI is InChI=1S/C60H76N8O8/c1-10-67-50-17-16-39-30-46(50)48(54(67)47-31-43(33-61-51(47)36(4)74-9)66-21-19-64(7)20-22-66)32-60(5,6)34-76-59(73)52-41-27-42(28-41)68(63-52)57(71)49(26-37-24-40(39)29-44(69)25-37)62-56(70)53(35(2)3)65(8)58(72)55-45(18-23-75-55)38-14-12-11-13-15-38/h11-17,24-25,29-31,33,35-36,41-42,45,49,52-53,55,63,69H,10,18-23,26-28,32,34H2,1-9H3,(H,62,70). The molecule has 6 atom stereocenters. The number of nitrogens with zero attached hydrogens (tertiary/aromatic N) is 6. The third kappa shape index (κ3) is 10.3. The van der Waals surface area contributed by atoms with Gasteiger partial charge >= 0.3 is 5.97 Å². The average molecular weight is 1040 g/mol. The van der Waals surface area contributed by atoms with Gasteiger partial charge in [-0.25, -0.2) is 5.43 Å². The van der Waals surface area contributed by atoms with Crippen molar-refractivity contribution in [1.82, 2.24) is 35.1 Å². The molecule has 7 heterocycles. The Morgan fingerprint density at radius 1 is 0.987 bits per heavy atom. The third-order valence-corrected chi connectivity index (χ3v) is 16.9. The number of carbonyl (C=O) groups excluding carboxylic acids is 4. The van der Waals surface area contributed by atoms with Gasteiger partial charge in [0.1, 0.15) is 30.0 Å². The number of rotatable bonds is 11. The highest BCUT2D eigenvalue weighted by Crippen LogP contribution is 2.44. The first-order valence-corrected chi connectivity index (χ1v) is 27.4. The smallest absolute Gasteiger partial charge is 0.325 e. The fourth-order valence-corrected chi connectivity index (χ4v) is 12.6. The van der Waals surface area contributed by atoms with Crippen LogP contribution in [-0.2, 0) is 52.8 Å². The summed E-state index contributed by atoms with van der Waals surface area (Å²) in [4.78, 5) is 70.2. The number of phenolic OH excluding ortho intramolecular Hbond substituents is 1. The van der Waals surface area contributed by atoms with Crippen LogP contribution in [0.5, 0.6) is 5.75 Å². The van der Waals surface area contributed by atoms with Gasteiger partial charge in [0.05, 0.1) is 36.0 Å². The summed E-state index contributed by atoms with van der Waals surface area (Å²) in [5.74, 6) is -2.20. The number of aryl methyl sites for hydroxylation is 1. The molecule has 16 nitrogen and oxygen atoms in total. The number of aromatic hydroxyl groups is 1. The molecule has 5 fully saturated rings. The lowest BCUT2D eigenvalue weighted by molar-refractivity contribution is -0.171. The lowest BCUT2D eigenvalue weighted by Crippen LogP contribution is -2.72. The molecule has 0 spiro atoms. The molecule has 3 N–H and O–H groups in total. The molecule has 76 heavy (non-hydrogen) atoms. The third-order valence-electron chi connectivity index (χ3n) is 16.9. The number of likely N-dealkylation sites (N-methyl/N-ethyl adjacent to an activating group) is 2. The van der Waals surface area contributed by atoms with Gasteiger partial charge in [-0.3, -0.25) is 29.2 Å². The van der Waals surface area contributed by atoms with Crippen molar-refractivity contribution < 1.29 is 38.5 Å². The summed E-state index contributed by atoms with van der Waals surface area (Å²) in [6, 6.07) is 20.7. The Morgan fingerprint density at radius 2 is 1.74 bits per heavy atom. The minimum absolute atomic E-state index is 0.00774. The number of hydrazine groups is 1. The Morgan fingerprint density at radius 3 is 2.45 bits per heavy atom. The molecule has 0 radical (unpaired) electrons. The van der Waals surface area contributed by atoms with E-state index < -0.39 is 47.4 Å². The topological polar surface area (TPSA) is 171 Å². The van der Waals surface area contributed by atoms with E-state index in [0.717, 1.165) is 82.0 Å². The van der Waals surface area contributed by atoms with Crippen molar-refractivity contribution in [3.05, 3.63) is 101 Å². The summed E-state index contributed by atoms with van der Waals surface area (Å²) in [5.41, 5.74) is 11.9. The molecule has 2 aromatic heterocycles. The van der Waals surface area contributed by atoms with Crippen LogP contribution in [0, 0.1) is 17.3 Å². The number of phenols is 1. The molecule has 5 aromatic rings. The number of hydrogen-bond donors (Lipinski definition) is 3. The summed E-state index contributed by atoms with van der Waals surface area (Å²) in [6.07, 6.45) is 3.31. The molecule has 11 rings (SSSR count). The first-order valence-electron chi connectivity index (χ1n) is 27.4. The maximum absolute atomic E-state index is 15.2. The highest BCUT2D eigenvalue weighted by molar-refractivity contribution is 5.96. The molecule has 5 aliphatic heterocycles. The molecule has 3 aromatic carbocycles. The second-order valence-electron chi connectivity index (χ2n) is 23.1. The summed E-state index contributed by atoms with van der Waals surface area (Å²) < 4.78 is 20.8. The Hall–Kier alpha value is -6.33. The normalized spacial score (nSPS) is 24.7. The first kappa shape index (κ1) is 53.1. The first-order chi connectivity index (χ1) is 36.4. The van der Waals surface area contributed by atoms with E-state index in [0.29, 0.717) is 44.4 Å². The fraction of sp³-hybridized carbons (Fsp3) is 0.517. The van der Waals surface area contributed by atoms with Crippen LogP contribution >= 0.6 is 0 Å². The van der Waals surface area contributed by atoms with Crippen LogP contribution in [0.4, 0.5) is 5.69 Å². The van der Waals surface area contributed by atoms with Gasteiger partial charge in [-0.15, -0.1) is 0 Å². The van der Waals surface area contributed by atoms with Crippen LogP contribution in [0.3, 0.4) is 0 Å². The van der Waals surface area contributed by atoms with Crippen LogP contribution in [0.1, 0.15) is 95.2 Å². The largest absolute Gasteiger partial charge is 0.508 e. The lowest BCUT2D eigenvalue weighted by Gasteiger charge is -2.53. The summed E-state index contributed by atoms with van der Waals surface area (Å²) in [7, 11) is 5.49. The number of fused-ring (bicyclic) bond motifs is 4. The predicted molar refractivity (Wildman–Crippen MR) is 292 cm³/mol. The zero-order chi connectivity index (χ0) is 53.7. The van der Waals surface area contributed by atoms with E-state index in [-0.39, 0.29) is 54.6 Å². The number of carbonyl (C=O) groups is 4. The quantitative estimate of drug-likeness (QED) is 0.113. The molecule has 6 unspecified atom stereocenters. The number of piperazine rings is 1. The van der Waals surface area contributed by atoms with Gasteiger partial charge in [-0.1, -0.05) is 70.2 Å². The lowest BCUT2D eigenvalue weighted by atomic mass is 9.73. The average Bonchev–Trinajstić information content (AvgIpc) is 4.08. The number of nitrogens with one attached hydrogen (secondary N) is 2. The zero-order valence-electron chi connectivity index (χ0n) is 45.7. The van der Waals surface area contributed by atoms with Crippen LogP contribution < -0.4 is 15.6 Å². The molecule has 1 aliphatic carbocycles. The van der Waals surface area contributed by atoms with Crippen LogP contribution in [0.15, 0.2) is 79.0 Å². The monoisotopic (exact) mass is 1040 g/mol. The Balaban J connectivity index is 1.06. The van der Waals surface area contributed by atoms with E-state index in [1.807, 2.05) is 63.4 Å². The van der Waals surface area contributed by atoms with Gasteiger partial charge in [-0.2, -0.15) is 0 Å². The van der Waals surface area contributed by atoms with Crippen LogP contribution in [0.2, 0.25) is 0 Å². The Kier molecular flexibility index (Phi) is 15.1. The number of benzene rings is 3. The van der Waals surface area contributed by atoms with Crippen molar-refractivity contribution in [2.75, 3.05) is 65.5 Å². The second-order valence-corrected chi connectivity index (χ2v) is 23.1. The minimum Gasteiger partial charge on any atom is -0.508 e. The van der Waals surface area contributed by atoms with Gasteiger partial charge in [0.25, 0.3) is 11.8 Å². The predicted octanol–water partition coefficient (Wildman–Crippen LogP) is 7.26. The van der Waals surface area contributed by atoms with Gasteiger partial charge in [-0.05, 0) is 117 Å². The molecule has 8 bridgehead atoms. The van der Waals surface area contributed by atoms with Crippen molar-refractivity contribution in [3.8, 4) is 28.1 Å². The molecule has 3 amide bonds. The number of methoxy groups -OCH3 is 1. The molecule has 4 saturated heterocycles. The van der Waals surface area contributed by atoms with E-state index in [9.17, 15) is 19.5 Å². The minimum atomic E-state index is -1.15. The highest BCUT2D eigenvalue weighted by atomic mass is 16.5. The van der Waals surface area contributed by atoms with Crippen LogP contribution in [-0.4, -0.2) is 144 Å². The number of ether oxygens (including phenoxy) is 3. The number of pyridine rings is 1. The molecular weight excluding hydrogens is 961 g/mol. The number of anilines is 1. The van der Waals surface area contributed by atoms with Gasteiger partial charge in [0.2, 0.25) is 5.91 Å². The van der Waals surface area contributed by atoms with E-state index in [1.54, 1.807) is 26.3 Å². The zero-order valence-corrected chi connectivity index (χ0v) is 45.7. The van der Waals surface area contributed by atoms with Crippen molar-refractivity contribution in [1.29, 1.82) is 0 Å². The van der Waals surface area contributed by atoms with Crippen LogP contribution in [0.25, 0.3) is 33.3 Å². The summed E-state index contributed by atoms with van der Waals surface area (Å²) in [6.45, 7) is 17.0. The number of amides is 3. The van der Waals surface area contributed by atoms with Crippen molar-refractivity contribution in [3.63, 3.8) is 0 Å². The number of esters is 1. The van der Waals surface area contributed by atoms with E-state index in [1.165, 1.54) is 9.91 Å². The number of hydrogen-bond acceptors (Lipinski definition) is 12. The molecule has 1 saturated carbocycles. The van der Waals surface area contributed by atoms with E-state index in [4.69, 9.17) is 19.2 Å². The van der Waals surface area contributed by atoms with E-state index in [2.05, 4.69) is 77.2 Å². The molecular formula is C60H76N8O8. The summed E-state index contributed by atoms with van der Waals surface area (Å²) in [5, 5.41) is 17.2.